The van der Waals surface area contributed by atoms with Crippen molar-refractivity contribution in [3.8, 4) is 0 Å². The number of hydrogen-bond acceptors (Lipinski definition) is 3. The number of rotatable bonds is 7. The molecule has 2 N–H and O–H groups in total. The Morgan fingerprint density at radius 1 is 1.50 bits per heavy atom. The SMILES string of the molecule is CCNC(=NCCCC(C)C)NC1CCN(c2ncccc2F)C1. The highest BCUT2D eigenvalue weighted by Crippen LogP contribution is 2.20. The number of nitrogens with one attached hydrogen (secondary N) is 2. The monoisotopic (exact) mass is 335 g/mol. The van der Waals surface area contributed by atoms with E-state index in [4.69, 9.17) is 0 Å². The van der Waals surface area contributed by atoms with Gasteiger partial charge in [0.2, 0.25) is 0 Å². The van der Waals surface area contributed by atoms with E-state index in [9.17, 15) is 4.39 Å². The number of halogens is 1. The second-order valence-electron chi connectivity index (χ2n) is 6.68. The van der Waals surface area contributed by atoms with Crippen LogP contribution in [0.2, 0.25) is 0 Å². The minimum Gasteiger partial charge on any atom is -0.357 e. The topological polar surface area (TPSA) is 52.6 Å². The number of guanidine groups is 1. The van der Waals surface area contributed by atoms with Gasteiger partial charge in [-0.2, -0.15) is 0 Å². The molecule has 1 unspecified atom stereocenters. The van der Waals surface area contributed by atoms with E-state index in [0.29, 0.717) is 11.7 Å². The lowest BCUT2D eigenvalue weighted by atomic mass is 10.1. The second-order valence-corrected chi connectivity index (χ2v) is 6.68. The molecule has 1 aromatic rings. The van der Waals surface area contributed by atoms with Crippen molar-refractivity contribution in [3.05, 3.63) is 24.1 Å². The summed E-state index contributed by atoms with van der Waals surface area (Å²) in [5, 5.41) is 6.77. The molecule has 2 rings (SSSR count). The molecule has 2 heterocycles. The second kappa shape index (κ2) is 9.45. The third-order valence-corrected chi connectivity index (χ3v) is 4.12. The van der Waals surface area contributed by atoms with Gasteiger partial charge in [-0.05, 0) is 44.2 Å². The smallest absolute Gasteiger partial charge is 0.191 e. The van der Waals surface area contributed by atoms with E-state index in [1.165, 1.54) is 12.5 Å². The van der Waals surface area contributed by atoms with Crippen LogP contribution in [0.1, 0.15) is 40.0 Å². The van der Waals surface area contributed by atoms with Crippen LogP contribution in [-0.2, 0) is 0 Å². The molecule has 1 aliphatic rings. The predicted molar refractivity (Wildman–Crippen MR) is 98.0 cm³/mol. The van der Waals surface area contributed by atoms with Gasteiger partial charge in [0, 0.05) is 38.4 Å². The summed E-state index contributed by atoms with van der Waals surface area (Å²) in [4.78, 5) is 10.8. The molecule has 0 radical (unpaired) electrons. The van der Waals surface area contributed by atoms with Crippen LogP contribution in [0.15, 0.2) is 23.3 Å². The first kappa shape index (κ1) is 18.5. The van der Waals surface area contributed by atoms with Crippen molar-refractivity contribution in [3.63, 3.8) is 0 Å². The van der Waals surface area contributed by atoms with E-state index >= 15 is 0 Å². The van der Waals surface area contributed by atoms with Gasteiger partial charge in [-0.3, -0.25) is 4.99 Å². The third-order valence-electron chi connectivity index (χ3n) is 4.12. The van der Waals surface area contributed by atoms with Crippen molar-refractivity contribution in [2.45, 2.75) is 46.1 Å². The Bertz CT molecular complexity index is 532. The third kappa shape index (κ3) is 5.65. The highest BCUT2D eigenvalue weighted by molar-refractivity contribution is 5.80. The van der Waals surface area contributed by atoms with Crippen LogP contribution >= 0.6 is 0 Å². The molecule has 134 valence electrons. The molecule has 0 bridgehead atoms. The Balaban J connectivity index is 1.87. The Morgan fingerprint density at radius 2 is 2.33 bits per heavy atom. The van der Waals surface area contributed by atoms with Crippen molar-refractivity contribution < 1.29 is 4.39 Å². The van der Waals surface area contributed by atoms with Crippen LogP contribution in [0.3, 0.4) is 0 Å². The normalized spacial score (nSPS) is 18.3. The van der Waals surface area contributed by atoms with Crippen LogP contribution < -0.4 is 15.5 Å². The maximum Gasteiger partial charge on any atom is 0.191 e. The molecule has 6 heteroatoms. The van der Waals surface area contributed by atoms with Gasteiger partial charge in [0.15, 0.2) is 17.6 Å². The number of nitrogens with zero attached hydrogens (tertiary/aromatic N) is 3. The van der Waals surface area contributed by atoms with Crippen LogP contribution in [0, 0.1) is 11.7 Å². The zero-order valence-corrected chi connectivity index (χ0v) is 15.1. The van der Waals surface area contributed by atoms with Crippen molar-refractivity contribution in [1.82, 2.24) is 15.6 Å². The van der Waals surface area contributed by atoms with Crippen molar-refractivity contribution in [2.75, 3.05) is 31.1 Å². The maximum absolute atomic E-state index is 13.9. The molecular formula is C18H30FN5. The molecule has 0 spiro atoms. The average molecular weight is 335 g/mol. The Labute approximate surface area is 144 Å². The molecule has 0 saturated carbocycles. The van der Waals surface area contributed by atoms with Crippen LogP contribution in [0.25, 0.3) is 0 Å². The molecule has 1 fully saturated rings. The van der Waals surface area contributed by atoms with Gasteiger partial charge < -0.3 is 15.5 Å². The average Bonchev–Trinajstić information content (AvgIpc) is 3.00. The molecule has 24 heavy (non-hydrogen) atoms. The van der Waals surface area contributed by atoms with Gasteiger partial charge in [-0.15, -0.1) is 0 Å². The summed E-state index contributed by atoms with van der Waals surface area (Å²) in [7, 11) is 0. The highest BCUT2D eigenvalue weighted by atomic mass is 19.1. The number of aliphatic imine (C=N–C) groups is 1. The van der Waals surface area contributed by atoms with Crippen LogP contribution in [0.5, 0.6) is 0 Å². The number of pyridine rings is 1. The zero-order valence-electron chi connectivity index (χ0n) is 15.1. The first-order valence-electron chi connectivity index (χ1n) is 9.00. The summed E-state index contributed by atoms with van der Waals surface area (Å²) < 4.78 is 13.9. The molecule has 1 atom stereocenters. The fraction of sp³-hybridized carbons (Fsp3) is 0.667. The lowest BCUT2D eigenvalue weighted by molar-refractivity contribution is 0.559. The van der Waals surface area contributed by atoms with E-state index in [0.717, 1.165) is 45.0 Å². The minimum atomic E-state index is -0.257. The van der Waals surface area contributed by atoms with E-state index in [-0.39, 0.29) is 11.9 Å². The summed E-state index contributed by atoms with van der Waals surface area (Å²) in [5.74, 6) is 1.76. The lowest BCUT2D eigenvalue weighted by Gasteiger charge is -2.20. The van der Waals surface area contributed by atoms with Gasteiger partial charge in [0.25, 0.3) is 0 Å². The standard InChI is InChI=1S/C18H30FN5/c1-4-20-18(22-11-5-7-14(2)3)23-15-9-12-24(13-15)17-16(19)8-6-10-21-17/h6,8,10,14-15H,4-5,7,9,11-13H2,1-3H3,(H2,20,22,23). The summed E-state index contributed by atoms with van der Waals surface area (Å²) in [6.07, 6.45) is 4.88. The van der Waals surface area contributed by atoms with Crippen molar-refractivity contribution >= 4 is 11.8 Å². The van der Waals surface area contributed by atoms with Gasteiger partial charge in [-0.1, -0.05) is 13.8 Å². The lowest BCUT2D eigenvalue weighted by Crippen LogP contribution is -2.44. The molecule has 5 nitrogen and oxygen atoms in total. The van der Waals surface area contributed by atoms with E-state index in [2.05, 4.69) is 41.4 Å². The number of aromatic nitrogens is 1. The summed E-state index contributed by atoms with van der Waals surface area (Å²) in [6.45, 7) is 9.74. The fourth-order valence-electron chi connectivity index (χ4n) is 2.88. The van der Waals surface area contributed by atoms with Crippen LogP contribution in [0.4, 0.5) is 10.2 Å². The minimum absolute atomic E-state index is 0.257. The summed E-state index contributed by atoms with van der Waals surface area (Å²) in [5.41, 5.74) is 0. The molecule has 0 aromatic carbocycles. The Hall–Kier alpha value is -1.85. The van der Waals surface area contributed by atoms with Crippen molar-refractivity contribution in [2.24, 2.45) is 10.9 Å². The van der Waals surface area contributed by atoms with Gasteiger partial charge in [0.1, 0.15) is 0 Å². The van der Waals surface area contributed by atoms with Gasteiger partial charge in [0.05, 0.1) is 0 Å². The molecule has 1 saturated heterocycles. The Kier molecular flexibility index (Phi) is 7.28. The maximum atomic E-state index is 13.9. The zero-order chi connectivity index (χ0) is 17.4. The van der Waals surface area contributed by atoms with Crippen LogP contribution in [-0.4, -0.2) is 43.2 Å². The molecule has 0 aliphatic carbocycles. The van der Waals surface area contributed by atoms with E-state index in [1.54, 1.807) is 12.3 Å². The fourth-order valence-corrected chi connectivity index (χ4v) is 2.88. The highest BCUT2D eigenvalue weighted by Gasteiger charge is 2.25. The first-order chi connectivity index (χ1) is 11.6. The summed E-state index contributed by atoms with van der Waals surface area (Å²) >= 11 is 0. The molecule has 1 aromatic heterocycles. The van der Waals surface area contributed by atoms with Crippen molar-refractivity contribution in [1.29, 1.82) is 0 Å². The molecule has 0 amide bonds. The first-order valence-corrected chi connectivity index (χ1v) is 9.00. The van der Waals surface area contributed by atoms with Gasteiger partial charge in [-0.25, -0.2) is 9.37 Å². The van der Waals surface area contributed by atoms with Gasteiger partial charge >= 0.3 is 0 Å². The number of anilines is 1. The number of hydrogen-bond donors (Lipinski definition) is 2. The van der Waals surface area contributed by atoms with E-state index < -0.39 is 0 Å². The molecule has 1 aliphatic heterocycles. The molecular weight excluding hydrogens is 305 g/mol. The Morgan fingerprint density at radius 3 is 3.04 bits per heavy atom. The quantitative estimate of drug-likeness (QED) is 0.457. The van der Waals surface area contributed by atoms with E-state index in [1.807, 2.05) is 4.90 Å². The summed E-state index contributed by atoms with van der Waals surface area (Å²) in [6, 6.07) is 3.34. The predicted octanol–water partition coefficient (Wildman–Crippen LogP) is 2.79. The largest absolute Gasteiger partial charge is 0.357 e.